The van der Waals surface area contributed by atoms with Gasteiger partial charge < -0.3 is 9.94 Å². The van der Waals surface area contributed by atoms with E-state index in [1.165, 1.54) is 4.90 Å². The van der Waals surface area contributed by atoms with Crippen LogP contribution in [0.15, 0.2) is 88.7 Å². The van der Waals surface area contributed by atoms with E-state index in [9.17, 15) is 5.21 Å². The number of hydrogen-bond acceptors (Lipinski definition) is 3. The van der Waals surface area contributed by atoms with Gasteiger partial charge in [-0.05, 0) is 48.5 Å². The van der Waals surface area contributed by atoms with E-state index in [2.05, 4.69) is 12.1 Å². The summed E-state index contributed by atoms with van der Waals surface area (Å²) in [7, 11) is 1.62. The molecular weight excluding hydrogens is 318 g/mol. The van der Waals surface area contributed by atoms with Gasteiger partial charge in [-0.1, -0.05) is 30.0 Å². The molecule has 3 nitrogen and oxygen atoms in total. The zero-order valence-electron chi connectivity index (χ0n) is 13.3. The summed E-state index contributed by atoms with van der Waals surface area (Å²) in [6.07, 6.45) is 1.55. The molecule has 0 spiro atoms. The molecule has 0 bridgehead atoms. The fourth-order valence-electron chi connectivity index (χ4n) is 2.19. The lowest BCUT2D eigenvalue weighted by atomic mass is 10.2. The third kappa shape index (κ3) is 4.18. The quantitative estimate of drug-likeness (QED) is 0.281. The Morgan fingerprint density at radius 1 is 0.833 bits per heavy atom. The second kappa shape index (κ2) is 7.70. The molecule has 0 amide bonds. The van der Waals surface area contributed by atoms with Gasteiger partial charge in [0.15, 0.2) is 6.21 Å². The minimum Gasteiger partial charge on any atom is -0.618 e. The van der Waals surface area contributed by atoms with Crippen molar-refractivity contribution >= 4 is 23.7 Å². The van der Waals surface area contributed by atoms with E-state index in [1.807, 2.05) is 66.7 Å². The summed E-state index contributed by atoms with van der Waals surface area (Å²) in [5, 5.41) is 12.3. The Bertz CT molecular complexity index is 813. The predicted molar refractivity (Wildman–Crippen MR) is 98.5 cm³/mol. The molecule has 3 rings (SSSR count). The van der Waals surface area contributed by atoms with Crippen molar-refractivity contribution in [1.29, 1.82) is 0 Å². The Balaban J connectivity index is 1.73. The highest BCUT2D eigenvalue weighted by atomic mass is 32.2. The molecule has 120 valence electrons. The number of ether oxygens (including phenoxy) is 1. The van der Waals surface area contributed by atoms with Gasteiger partial charge in [-0.2, -0.15) is 4.74 Å². The molecular formula is C20H17NO2S. The average Bonchev–Trinajstić information content (AvgIpc) is 2.64. The molecule has 3 aromatic rings. The van der Waals surface area contributed by atoms with Gasteiger partial charge in [-0.3, -0.25) is 0 Å². The Hall–Kier alpha value is -2.72. The minimum absolute atomic E-state index is 0.600. The Kier molecular flexibility index (Phi) is 5.18. The summed E-state index contributed by atoms with van der Waals surface area (Å²) in [6, 6.07) is 25.1. The lowest BCUT2D eigenvalue weighted by Crippen LogP contribution is -1.98. The van der Waals surface area contributed by atoms with Crippen LogP contribution in [-0.2, 0) is 0 Å². The molecule has 0 aliphatic rings. The van der Waals surface area contributed by atoms with Crippen LogP contribution in [-0.4, -0.2) is 18.1 Å². The Morgan fingerprint density at radius 2 is 1.46 bits per heavy atom. The number of rotatable bonds is 5. The second-order valence-corrected chi connectivity index (χ2v) is 6.28. The highest BCUT2D eigenvalue weighted by Crippen LogP contribution is 2.28. The van der Waals surface area contributed by atoms with E-state index in [4.69, 9.17) is 4.74 Å². The van der Waals surface area contributed by atoms with Crippen LogP contribution in [0.3, 0.4) is 0 Å². The highest BCUT2D eigenvalue weighted by molar-refractivity contribution is 7.99. The van der Waals surface area contributed by atoms with Gasteiger partial charge in [0, 0.05) is 27.5 Å². The third-order valence-corrected chi connectivity index (χ3v) is 4.47. The van der Waals surface area contributed by atoms with Gasteiger partial charge in [-0.25, -0.2) is 0 Å². The lowest BCUT2D eigenvalue weighted by Gasteiger charge is -2.05. The van der Waals surface area contributed by atoms with Crippen molar-refractivity contribution in [3.05, 3.63) is 89.6 Å². The monoisotopic (exact) mass is 335 g/mol. The van der Waals surface area contributed by atoms with Crippen molar-refractivity contribution in [3.8, 4) is 5.75 Å². The normalized spacial score (nSPS) is 11.3. The van der Waals surface area contributed by atoms with Crippen molar-refractivity contribution in [2.45, 2.75) is 9.79 Å². The van der Waals surface area contributed by atoms with Crippen molar-refractivity contribution in [2.24, 2.45) is 0 Å². The summed E-state index contributed by atoms with van der Waals surface area (Å²) in [5.41, 5.74) is 1.43. The van der Waals surface area contributed by atoms with Crippen LogP contribution in [0.4, 0.5) is 5.69 Å². The van der Waals surface area contributed by atoms with Crippen LogP contribution >= 0.6 is 11.8 Å². The number of hydrogen-bond donors (Lipinski definition) is 0. The average molecular weight is 335 g/mol. The molecule has 0 radical (unpaired) electrons. The highest BCUT2D eigenvalue weighted by Gasteiger charge is 2.04. The molecule has 3 aromatic carbocycles. The van der Waals surface area contributed by atoms with Crippen molar-refractivity contribution in [3.63, 3.8) is 0 Å². The number of benzene rings is 3. The van der Waals surface area contributed by atoms with E-state index >= 15 is 0 Å². The summed E-state index contributed by atoms with van der Waals surface area (Å²) in [6.45, 7) is 0. The number of methoxy groups -OCH3 is 1. The maximum absolute atomic E-state index is 12.3. The largest absolute Gasteiger partial charge is 0.618 e. The van der Waals surface area contributed by atoms with Crippen LogP contribution in [0.25, 0.3) is 0 Å². The van der Waals surface area contributed by atoms with E-state index < -0.39 is 0 Å². The predicted octanol–water partition coefficient (Wildman–Crippen LogP) is 5.11. The van der Waals surface area contributed by atoms with Gasteiger partial charge in [0.1, 0.15) is 5.75 Å². The van der Waals surface area contributed by atoms with Gasteiger partial charge in [0.2, 0.25) is 5.69 Å². The molecule has 0 saturated heterocycles. The summed E-state index contributed by atoms with van der Waals surface area (Å²) in [5.74, 6) is 0.770. The Morgan fingerprint density at radius 3 is 2.08 bits per heavy atom. The SMILES string of the molecule is COc1ccc(/C=[N+](\[O-])c2ccc(Sc3ccccc3)cc2)cc1. The van der Waals surface area contributed by atoms with E-state index in [-0.39, 0.29) is 0 Å². The standard InChI is InChI=1S/C20H17NO2S/c1-23-18-11-7-16(8-12-18)15-21(22)17-9-13-20(14-10-17)24-19-5-3-2-4-6-19/h2-15H,1H3/b21-15-. The first kappa shape index (κ1) is 16.1. The molecule has 0 aliphatic carbocycles. The van der Waals surface area contributed by atoms with Crippen LogP contribution in [0.1, 0.15) is 5.56 Å². The maximum atomic E-state index is 12.3. The molecule has 0 unspecified atom stereocenters. The molecule has 0 aliphatic heterocycles. The minimum atomic E-state index is 0.600. The Labute approximate surface area is 145 Å². The fraction of sp³-hybridized carbons (Fsp3) is 0.0500. The molecule has 24 heavy (non-hydrogen) atoms. The van der Waals surface area contributed by atoms with Crippen molar-refractivity contribution < 1.29 is 9.48 Å². The first-order chi connectivity index (χ1) is 11.7. The smallest absolute Gasteiger partial charge is 0.216 e. The zero-order valence-corrected chi connectivity index (χ0v) is 14.1. The van der Waals surface area contributed by atoms with Gasteiger partial charge >= 0.3 is 0 Å². The third-order valence-electron chi connectivity index (χ3n) is 3.45. The first-order valence-electron chi connectivity index (χ1n) is 7.53. The zero-order chi connectivity index (χ0) is 16.8. The molecule has 4 heteroatoms. The summed E-state index contributed by atoms with van der Waals surface area (Å²) in [4.78, 5) is 2.27. The van der Waals surface area contributed by atoms with Crippen LogP contribution in [0, 0.1) is 5.21 Å². The van der Waals surface area contributed by atoms with Gasteiger partial charge in [0.05, 0.1) is 7.11 Å². The number of nitrogens with zero attached hydrogens (tertiary/aromatic N) is 1. The topological polar surface area (TPSA) is 35.3 Å². The van der Waals surface area contributed by atoms with Gasteiger partial charge in [0.25, 0.3) is 0 Å². The summed E-state index contributed by atoms with van der Waals surface area (Å²) >= 11 is 1.67. The van der Waals surface area contributed by atoms with Crippen molar-refractivity contribution in [2.75, 3.05) is 7.11 Å². The molecule has 0 fully saturated rings. The van der Waals surface area contributed by atoms with Crippen molar-refractivity contribution in [1.82, 2.24) is 0 Å². The molecule has 0 saturated carbocycles. The molecule has 0 N–H and O–H groups in total. The molecule has 0 atom stereocenters. The van der Waals surface area contributed by atoms with E-state index in [0.717, 1.165) is 20.9 Å². The molecule has 0 aromatic heterocycles. The van der Waals surface area contributed by atoms with Crippen LogP contribution in [0.2, 0.25) is 0 Å². The first-order valence-corrected chi connectivity index (χ1v) is 8.34. The fourth-order valence-corrected chi connectivity index (χ4v) is 3.02. The van der Waals surface area contributed by atoms with Crippen LogP contribution in [0.5, 0.6) is 5.75 Å². The maximum Gasteiger partial charge on any atom is 0.216 e. The second-order valence-electron chi connectivity index (χ2n) is 5.14. The van der Waals surface area contributed by atoms with Gasteiger partial charge in [-0.15, -0.1) is 0 Å². The summed E-state index contributed by atoms with van der Waals surface area (Å²) < 4.78 is 5.99. The van der Waals surface area contributed by atoms with E-state index in [0.29, 0.717) is 5.69 Å². The van der Waals surface area contributed by atoms with E-state index in [1.54, 1.807) is 25.1 Å². The molecule has 0 heterocycles. The van der Waals surface area contributed by atoms with Crippen LogP contribution < -0.4 is 4.74 Å². The lowest BCUT2D eigenvalue weighted by molar-refractivity contribution is -0.354.